The van der Waals surface area contributed by atoms with Gasteiger partial charge in [0.15, 0.2) is 11.5 Å². The van der Waals surface area contributed by atoms with E-state index >= 15 is 0 Å². The van der Waals surface area contributed by atoms with Gasteiger partial charge >= 0.3 is 5.97 Å². The molecule has 1 amide bonds. The van der Waals surface area contributed by atoms with Crippen molar-refractivity contribution in [3.63, 3.8) is 0 Å². The first-order chi connectivity index (χ1) is 12.8. The minimum absolute atomic E-state index is 0.105. The second kappa shape index (κ2) is 11.0. The van der Waals surface area contributed by atoms with Crippen LogP contribution in [0.3, 0.4) is 0 Å². The number of hydrogen-bond acceptors (Lipinski definition) is 7. The molecular formula is C17H24N2O8. The monoisotopic (exact) mass is 384 g/mol. The summed E-state index contributed by atoms with van der Waals surface area (Å²) >= 11 is 0. The molecule has 10 nitrogen and oxygen atoms in total. The van der Waals surface area contributed by atoms with Gasteiger partial charge in [0, 0.05) is 19.2 Å². The topological polar surface area (TPSA) is 137 Å². The van der Waals surface area contributed by atoms with E-state index in [0.29, 0.717) is 12.8 Å². The van der Waals surface area contributed by atoms with E-state index in [1.807, 2.05) is 6.92 Å². The molecule has 0 radical (unpaired) electrons. The van der Waals surface area contributed by atoms with Crippen LogP contribution in [0.4, 0.5) is 5.69 Å². The van der Waals surface area contributed by atoms with Crippen molar-refractivity contribution >= 4 is 17.6 Å². The Morgan fingerprint density at radius 2 is 1.96 bits per heavy atom. The van der Waals surface area contributed by atoms with Crippen molar-refractivity contribution in [1.29, 1.82) is 0 Å². The summed E-state index contributed by atoms with van der Waals surface area (Å²) in [5, 5.41) is 22.9. The summed E-state index contributed by atoms with van der Waals surface area (Å²) in [5.74, 6) is -1.56. The number of carboxylic acids is 1. The molecule has 1 unspecified atom stereocenters. The van der Waals surface area contributed by atoms with Crippen LogP contribution in [-0.2, 0) is 9.53 Å². The molecule has 1 aromatic rings. The summed E-state index contributed by atoms with van der Waals surface area (Å²) in [7, 11) is 2.83. The number of nitrogens with one attached hydrogen (secondary N) is 1. The molecule has 1 atom stereocenters. The molecule has 0 heterocycles. The van der Waals surface area contributed by atoms with Gasteiger partial charge in [-0.1, -0.05) is 13.3 Å². The molecule has 0 saturated heterocycles. The number of nitro benzene ring substituents is 1. The van der Waals surface area contributed by atoms with Crippen LogP contribution in [0.5, 0.6) is 11.5 Å². The number of carboxylic acid groups (broad SMARTS) is 1. The number of benzene rings is 1. The molecule has 1 rings (SSSR count). The summed E-state index contributed by atoms with van der Waals surface area (Å²) in [4.78, 5) is 34.2. The molecule has 27 heavy (non-hydrogen) atoms. The van der Waals surface area contributed by atoms with Crippen LogP contribution in [0.1, 0.15) is 36.5 Å². The highest BCUT2D eigenvalue weighted by atomic mass is 16.6. The lowest BCUT2D eigenvalue weighted by Crippen LogP contribution is -2.36. The van der Waals surface area contributed by atoms with E-state index in [-0.39, 0.29) is 36.7 Å². The molecule has 2 N–H and O–H groups in total. The predicted octanol–water partition coefficient (Wildman–Crippen LogP) is 2.00. The third-order valence-electron chi connectivity index (χ3n) is 3.66. The molecule has 150 valence electrons. The van der Waals surface area contributed by atoms with E-state index in [1.54, 1.807) is 0 Å². The molecule has 10 heteroatoms. The second-order valence-corrected chi connectivity index (χ2v) is 5.68. The van der Waals surface area contributed by atoms with E-state index in [0.717, 1.165) is 6.07 Å². The van der Waals surface area contributed by atoms with Crippen molar-refractivity contribution in [2.45, 2.75) is 32.2 Å². The number of nitro groups is 1. The highest BCUT2D eigenvalue weighted by Gasteiger charge is 2.26. The molecule has 0 bridgehead atoms. The van der Waals surface area contributed by atoms with Gasteiger partial charge in [-0.2, -0.15) is 0 Å². The summed E-state index contributed by atoms with van der Waals surface area (Å²) in [6.07, 6.45) is 0.805. The zero-order valence-electron chi connectivity index (χ0n) is 15.5. The maximum Gasteiger partial charge on any atom is 0.305 e. The average Bonchev–Trinajstić information content (AvgIpc) is 2.60. The van der Waals surface area contributed by atoms with Crippen molar-refractivity contribution in [2.24, 2.45) is 0 Å². The number of hydrogen-bond donors (Lipinski definition) is 2. The Labute approximate surface area is 156 Å². The van der Waals surface area contributed by atoms with Gasteiger partial charge in [0.05, 0.1) is 31.1 Å². The fourth-order valence-electron chi connectivity index (χ4n) is 2.44. The Hall–Kier alpha value is -2.88. The lowest BCUT2D eigenvalue weighted by Gasteiger charge is -2.17. The molecular weight excluding hydrogens is 360 g/mol. The summed E-state index contributed by atoms with van der Waals surface area (Å²) in [6, 6.07) is 1.68. The third-order valence-corrected chi connectivity index (χ3v) is 3.66. The number of ether oxygens (including phenoxy) is 3. The van der Waals surface area contributed by atoms with Gasteiger partial charge in [-0.05, 0) is 6.42 Å². The van der Waals surface area contributed by atoms with Gasteiger partial charge in [-0.25, -0.2) is 0 Å². The number of methoxy groups -OCH3 is 2. The summed E-state index contributed by atoms with van der Waals surface area (Å²) in [5.41, 5.74) is -0.700. The standard InChI is InChI=1S/C17H24N2O8/c1-4-5-11(8-16(20)21)18-17(22)12-9-14(26-3)15(27-7-6-25-2)10-13(12)19(23)24/h9-11H,4-8H2,1-3H3,(H,18,22)(H,20,21). The van der Waals surface area contributed by atoms with Crippen LogP contribution in [0.15, 0.2) is 12.1 Å². The van der Waals surface area contributed by atoms with E-state index in [1.165, 1.54) is 20.3 Å². The quantitative estimate of drug-likeness (QED) is 0.317. The van der Waals surface area contributed by atoms with Crippen LogP contribution < -0.4 is 14.8 Å². The maximum atomic E-state index is 12.6. The van der Waals surface area contributed by atoms with E-state index in [2.05, 4.69) is 5.32 Å². The second-order valence-electron chi connectivity index (χ2n) is 5.68. The smallest absolute Gasteiger partial charge is 0.305 e. The van der Waals surface area contributed by atoms with E-state index < -0.39 is 28.5 Å². The Morgan fingerprint density at radius 3 is 2.48 bits per heavy atom. The van der Waals surface area contributed by atoms with Gasteiger partial charge in [-0.15, -0.1) is 0 Å². The highest BCUT2D eigenvalue weighted by Crippen LogP contribution is 2.34. The number of carbonyl (C=O) groups is 2. The molecule has 0 saturated carbocycles. The lowest BCUT2D eigenvalue weighted by molar-refractivity contribution is -0.385. The fourth-order valence-corrected chi connectivity index (χ4v) is 2.44. The van der Waals surface area contributed by atoms with E-state index in [4.69, 9.17) is 19.3 Å². The third kappa shape index (κ3) is 6.74. The minimum Gasteiger partial charge on any atom is -0.493 e. The number of amides is 1. The molecule has 0 spiro atoms. The van der Waals surface area contributed by atoms with Gasteiger partial charge in [0.1, 0.15) is 12.2 Å². The zero-order chi connectivity index (χ0) is 20.4. The summed E-state index contributed by atoms with van der Waals surface area (Å²) < 4.78 is 15.4. The van der Waals surface area contributed by atoms with E-state index in [9.17, 15) is 19.7 Å². The minimum atomic E-state index is -1.07. The van der Waals surface area contributed by atoms with Gasteiger partial charge in [0.2, 0.25) is 0 Å². The lowest BCUT2D eigenvalue weighted by atomic mass is 10.1. The Morgan fingerprint density at radius 1 is 1.26 bits per heavy atom. The van der Waals surface area contributed by atoms with Crippen molar-refractivity contribution in [3.05, 3.63) is 27.8 Å². The van der Waals surface area contributed by atoms with Crippen molar-refractivity contribution < 1.29 is 33.8 Å². The number of nitrogens with zero attached hydrogens (tertiary/aromatic N) is 1. The van der Waals surface area contributed by atoms with Crippen LogP contribution >= 0.6 is 0 Å². The SMILES string of the molecule is CCCC(CC(=O)O)NC(=O)c1cc(OC)c(OCCOC)cc1[N+](=O)[O-]. The molecule has 0 aliphatic rings. The van der Waals surface area contributed by atoms with Gasteiger partial charge < -0.3 is 24.6 Å². The van der Waals surface area contributed by atoms with Crippen LogP contribution in [0.25, 0.3) is 0 Å². The van der Waals surface area contributed by atoms with Gasteiger partial charge in [-0.3, -0.25) is 19.7 Å². The van der Waals surface area contributed by atoms with Crippen molar-refractivity contribution in [3.8, 4) is 11.5 Å². The molecule has 1 aromatic carbocycles. The van der Waals surface area contributed by atoms with Crippen molar-refractivity contribution in [1.82, 2.24) is 5.32 Å². The Bertz CT molecular complexity index is 677. The molecule has 0 aliphatic carbocycles. The molecule has 0 aromatic heterocycles. The normalized spacial score (nSPS) is 11.5. The number of carbonyl (C=O) groups excluding carboxylic acids is 1. The first kappa shape index (κ1) is 22.2. The first-order valence-corrected chi connectivity index (χ1v) is 8.34. The largest absolute Gasteiger partial charge is 0.493 e. The highest BCUT2D eigenvalue weighted by molar-refractivity contribution is 5.99. The van der Waals surface area contributed by atoms with Gasteiger partial charge in [0.25, 0.3) is 11.6 Å². The van der Waals surface area contributed by atoms with Crippen molar-refractivity contribution in [2.75, 3.05) is 27.4 Å². The fraction of sp³-hybridized carbons (Fsp3) is 0.529. The average molecular weight is 384 g/mol. The maximum absolute atomic E-state index is 12.6. The van der Waals surface area contributed by atoms with Crippen LogP contribution in [0, 0.1) is 10.1 Å². The molecule has 0 aliphatic heterocycles. The Balaban J connectivity index is 3.17. The Kier molecular flexibility index (Phi) is 9.00. The number of rotatable bonds is 12. The first-order valence-electron chi connectivity index (χ1n) is 8.34. The number of aliphatic carboxylic acids is 1. The predicted molar refractivity (Wildman–Crippen MR) is 95.4 cm³/mol. The zero-order valence-corrected chi connectivity index (χ0v) is 15.5. The van der Waals surface area contributed by atoms with Crippen LogP contribution in [0.2, 0.25) is 0 Å². The molecule has 0 fully saturated rings. The van der Waals surface area contributed by atoms with Crippen LogP contribution in [-0.4, -0.2) is 55.4 Å². The summed E-state index contributed by atoms with van der Waals surface area (Å²) in [6.45, 7) is 2.26.